The van der Waals surface area contributed by atoms with Gasteiger partial charge in [0.1, 0.15) is 18.5 Å². The first-order valence-corrected chi connectivity index (χ1v) is 15.5. The van der Waals surface area contributed by atoms with Crippen LogP contribution in [0, 0.1) is 12.5 Å². The number of anilines is 2. The number of likely N-dealkylation sites (tertiary alicyclic amines) is 1. The molecule has 2 aromatic carbocycles. The van der Waals surface area contributed by atoms with Crippen LogP contribution in [0.3, 0.4) is 0 Å². The Balaban J connectivity index is 1.32. The minimum absolute atomic E-state index is 0.0508. The zero-order chi connectivity index (χ0) is 31.5. The van der Waals surface area contributed by atoms with Crippen molar-refractivity contribution in [1.29, 1.82) is 0 Å². The zero-order valence-electron chi connectivity index (χ0n) is 25.2. The van der Waals surface area contributed by atoms with Gasteiger partial charge in [-0.1, -0.05) is 35.9 Å². The van der Waals surface area contributed by atoms with Gasteiger partial charge in [-0.25, -0.2) is 11.0 Å². The highest BCUT2D eigenvalue weighted by molar-refractivity contribution is 6.36. The van der Waals surface area contributed by atoms with E-state index < -0.39 is 6.67 Å². The monoisotopic (exact) mass is 631 g/mol. The predicted octanol–water partition coefficient (Wildman–Crippen LogP) is 4.17. The third-order valence-corrected chi connectivity index (χ3v) is 9.10. The maximum atomic E-state index is 12.8. The van der Waals surface area contributed by atoms with E-state index in [2.05, 4.69) is 32.8 Å². The van der Waals surface area contributed by atoms with Gasteiger partial charge >= 0.3 is 6.01 Å². The number of ether oxygens (including phenoxy) is 1. The highest BCUT2D eigenvalue weighted by Crippen LogP contribution is 2.37. The quantitative estimate of drug-likeness (QED) is 0.273. The summed E-state index contributed by atoms with van der Waals surface area (Å²) in [5.74, 6) is 0.594. The number of carbonyl (C=O) groups is 2. The minimum atomic E-state index is -0.720. The molecule has 0 aliphatic carbocycles. The number of nitrogens with zero attached hydrogens (tertiary/aromatic N) is 7. The van der Waals surface area contributed by atoms with Gasteiger partial charge in [0.05, 0.1) is 23.9 Å². The molecule has 1 unspecified atom stereocenters. The van der Waals surface area contributed by atoms with Crippen molar-refractivity contribution < 1.29 is 18.7 Å². The molecule has 2 atom stereocenters. The van der Waals surface area contributed by atoms with E-state index in [1.807, 2.05) is 18.2 Å². The van der Waals surface area contributed by atoms with Gasteiger partial charge in [-0.05, 0) is 30.0 Å². The number of rotatable bonds is 8. The van der Waals surface area contributed by atoms with E-state index in [4.69, 9.17) is 32.9 Å². The number of carbonyl (C=O) groups excluding carboxylic acids is 2. The molecule has 0 bridgehead atoms. The van der Waals surface area contributed by atoms with E-state index in [1.165, 1.54) is 12.2 Å². The number of amides is 2. The second-order valence-corrected chi connectivity index (χ2v) is 12.1. The number of halogens is 2. The summed E-state index contributed by atoms with van der Waals surface area (Å²) in [6.07, 6.45) is 3.54. The summed E-state index contributed by atoms with van der Waals surface area (Å²) in [5.41, 5.74) is 2.89. The normalized spacial score (nSPS) is 20.2. The molecule has 1 aromatic heterocycles. The Labute approximate surface area is 266 Å². The van der Waals surface area contributed by atoms with E-state index in [1.54, 1.807) is 16.8 Å². The van der Waals surface area contributed by atoms with Crippen molar-refractivity contribution in [2.75, 3.05) is 69.4 Å². The highest BCUT2D eigenvalue weighted by atomic mass is 35.5. The van der Waals surface area contributed by atoms with Crippen LogP contribution in [0.4, 0.5) is 15.9 Å². The SMILES string of the molecule is [C-]#[N+]C[C@H]1CN(c2nc(OCC3CC(=O)N(C)C3)nc3c2CCN(c2cccc4cccc(Cl)c24)C3)CCN1C(=O)/C=C/CF. The van der Waals surface area contributed by atoms with Crippen molar-refractivity contribution in [2.24, 2.45) is 5.92 Å². The summed E-state index contributed by atoms with van der Waals surface area (Å²) in [6, 6.07) is 11.9. The second kappa shape index (κ2) is 13.3. The van der Waals surface area contributed by atoms with Crippen LogP contribution in [-0.2, 0) is 22.6 Å². The molecule has 0 spiro atoms. The molecule has 0 saturated carbocycles. The van der Waals surface area contributed by atoms with Crippen LogP contribution in [0.1, 0.15) is 17.7 Å². The topological polar surface area (TPSA) is 86.5 Å². The van der Waals surface area contributed by atoms with E-state index in [9.17, 15) is 14.0 Å². The smallest absolute Gasteiger partial charge is 0.318 e. The first kappa shape index (κ1) is 30.6. The first-order valence-electron chi connectivity index (χ1n) is 15.2. The molecule has 3 aromatic rings. The van der Waals surface area contributed by atoms with Crippen LogP contribution in [-0.4, -0.2) is 97.2 Å². The Hall–Kier alpha value is -4.43. The van der Waals surface area contributed by atoms with Gasteiger partial charge in [0, 0.05) is 74.8 Å². The Bertz CT molecular complexity index is 1670. The molecule has 2 saturated heterocycles. The van der Waals surface area contributed by atoms with E-state index in [0.717, 1.165) is 40.1 Å². The number of aromatic nitrogens is 2. The molecule has 0 N–H and O–H groups in total. The lowest BCUT2D eigenvalue weighted by molar-refractivity contribution is -0.128. The number of hydrogen-bond acceptors (Lipinski definition) is 7. The van der Waals surface area contributed by atoms with E-state index in [-0.39, 0.29) is 36.3 Å². The zero-order valence-corrected chi connectivity index (χ0v) is 25.9. The molecule has 234 valence electrons. The molecular weight excluding hydrogens is 597 g/mol. The van der Waals surface area contributed by atoms with E-state index in [0.29, 0.717) is 57.2 Å². The molecule has 3 aliphatic heterocycles. The fraction of sp³-hybridized carbons (Fsp3) is 0.424. The van der Waals surface area contributed by atoms with E-state index >= 15 is 0 Å². The van der Waals surface area contributed by atoms with Crippen LogP contribution in [0.15, 0.2) is 48.6 Å². The van der Waals surface area contributed by atoms with Crippen molar-refractivity contribution in [3.05, 3.63) is 76.2 Å². The summed E-state index contributed by atoms with van der Waals surface area (Å²) in [7, 11) is 1.79. The molecule has 2 amide bonds. The molecule has 4 heterocycles. The fourth-order valence-electron chi connectivity index (χ4n) is 6.56. The van der Waals surface area contributed by atoms with Crippen molar-refractivity contribution in [3.63, 3.8) is 0 Å². The largest absolute Gasteiger partial charge is 0.463 e. The fourth-order valence-corrected chi connectivity index (χ4v) is 6.84. The second-order valence-electron chi connectivity index (χ2n) is 11.7. The Kier molecular flexibility index (Phi) is 9.03. The summed E-state index contributed by atoms with van der Waals surface area (Å²) in [6.45, 7) is 10.4. The number of fused-ring (bicyclic) bond motifs is 2. The van der Waals surface area contributed by atoms with Gasteiger partial charge < -0.3 is 29.2 Å². The molecule has 12 heteroatoms. The Morgan fingerprint density at radius 3 is 2.73 bits per heavy atom. The van der Waals surface area contributed by atoms with Crippen molar-refractivity contribution in [2.45, 2.75) is 25.4 Å². The van der Waals surface area contributed by atoms with Crippen LogP contribution in [0.5, 0.6) is 6.01 Å². The lowest BCUT2D eigenvalue weighted by Crippen LogP contribution is -2.56. The number of benzene rings is 2. The summed E-state index contributed by atoms with van der Waals surface area (Å²) >= 11 is 6.68. The third kappa shape index (κ3) is 6.38. The van der Waals surface area contributed by atoms with Crippen LogP contribution >= 0.6 is 11.6 Å². The van der Waals surface area contributed by atoms with Crippen molar-refractivity contribution in [3.8, 4) is 6.01 Å². The Morgan fingerprint density at radius 2 is 1.98 bits per heavy atom. The Morgan fingerprint density at radius 1 is 1.16 bits per heavy atom. The number of piperazine rings is 1. The number of hydrogen-bond donors (Lipinski definition) is 0. The average molecular weight is 632 g/mol. The standard InChI is InChI=1S/C33H35ClFN7O3/c1-36-17-24-19-41(14-15-42(24)29(43)10-5-12-35)32-25-11-13-40(28-9-4-7-23-6-3-8-26(34)31(23)28)20-27(25)37-33(38-32)45-21-22-16-30(44)39(2)18-22/h3-10,22,24H,11-21H2,2H3/b10-5+/t22?,24-/m0/s1. The van der Waals surface area contributed by atoms with Crippen molar-refractivity contribution in [1.82, 2.24) is 19.8 Å². The van der Waals surface area contributed by atoms with Crippen molar-refractivity contribution >= 4 is 45.7 Å². The molecule has 2 fully saturated rings. The maximum Gasteiger partial charge on any atom is 0.318 e. The van der Waals surface area contributed by atoms with Crippen LogP contribution < -0.4 is 14.5 Å². The van der Waals surface area contributed by atoms with Gasteiger partial charge in [-0.15, -0.1) is 0 Å². The van der Waals surface area contributed by atoms with Gasteiger partial charge in [0.15, 0.2) is 0 Å². The molecule has 10 nitrogen and oxygen atoms in total. The van der Waals surface area contributed by atoms with Crippen LogP contribution in [0.25, 0.3) is 15.6 Å². The first-order chi connectivity index (χ1) is 21.9. The van der Waals surface area contributed by atoms with Gasteiger partial charge in [-0.3, -0.25) is 9.59 Å². The van der Waals surface area contributed by atoms with Gasteiger partial charge in [0.25, 0.3) is 0 Å². The van der Waals surface area contributed by atoms with Gasteiger partial charge in [0.2, 0.25) is 18.4 Å². The van der Waals surface area contributed by atoms with Gasteiger partial charge in [-0.2, -0.15) is 9.97 Å². The lowest BCUT2D eigenvalue weighted by Gasteiger charge is -2.41. The lowest BCUT2D eigenvalue weighted by atomic mass is 10.0. The number of alkyl halides is 1. The number of allylic oxidation sites excluding steroid dienone is 1. The molecule has 0 radical (unpaired) electrons. The minimum Gasteiger partial charge on any atom is -0.463 e. The van der Waals surface area contributed by atoms with Crippen LogP contribution in [0.2, 0.25) is 5.02 Å². The predicted molar refractivity (Wildman–Crippen MR) is 171 cm³/mol. The molecule has 3 aliphatic rings. The highest BCUT2D eigenvalue weighted by Gasteiger charge is 2.35. The molecular formula is C33H35ClFN7O3. The average Bonchev–Trinajstić information content (AvgIpc) is 3.38. The summed E-state index contributed by atoms with van der Waals surface area (Å²) < 4.78 is 18.9. The summed E-state index contributed by atoms with van der Waals surface area (Å²) in [5, 5.41) is 2.75. The third-order valence-electron chi connectivity index (χ3n) is 8.78. The molecule has 6 rings (SSSR count). The summed E-state index contributed by atoms with van der Waals surface area (Å²) in [4.78, 5) is 46.0. The molecule has 45 heavy (non-hydrogen) atoms. The maximum absolute atomic E-state index is 12.8.